The van der Waals surface area contributed by atoms with E-state index in [1.807, 2.05) is 11.6 Å². The second-order valence-corrected chi connectivity index (χ2v) is 5.78. The van der Waals surface area contributed by atoms with Crippen molar-refractivity contribution in [2.45, 2.75) is 26.0 Å². The Bertz CT molecular complexity index is 634. The van der Waals surface area contributed by atoms with Crippen molar-refractivity contribution in [1.29, 1.82) is 0 Å². The fraction of sp³-hybridized carbons (Fsp3) is 0.438. The Labute approximate surface area is 123 Å². The monoisotopic (exact) mass is 289 g/mol. The highest BCUT2D eigenvalue weighted by Gasteiger charge is 2.31. The fourth-order valence-electron chi connectivity index (χ4n) is 2.95. The molecule has 0 bridgehead atoms. The maximum absolute atomic E-state index is 13.6. The number of nitrogens with zero attached hydrogens (tertiary/aromatic N) is 3. The van der Waals surface area contributed by atoms with E-state index >= 15 is 0 Å². The number of aryl methyl sites for hydroxylation is 2. The molecule has 0 radical (unpaired) electrons. The van der Waals surface area contributed by atoms with Gasteiger partial charge in [0.25, 0.3) is 0 Å². The van der Waals surface area contributed by atoms with Gasteiger partial charge >= 0.3 is 0 Å². The molecule has 1 aliphatic heterocycles. The standard InChI is InChI=1S/C16H20FN3O/c1-11-7-12(2)20(18-11)13-8-19(9-13)10-16(21)14-5-3-4-6-15(14)17/h3-7,13,16,21H,8-10H2,1-2H3/t16-/m1/s1. The lowest BCUT2D eigenvalue weighted by Crippen LogP contribution is -2.49. The Hall–Kier alpha value is -1.72. The predicted octanol–water partition coefficient (Wildman–Crippen LogP) is 2.23. The smallest absolute Gasteiger partial charge is 0.129 e. The molecule has 112 valence electrons. The number of rotatable bonds is 4. The third kappa shape index (κ3) is 2.84. The van der Waals surface area contributed by atoms with Gasteiger partial charge in [0.15, 0.2) is 0 Å². The summed E-state index contributed by atoms with van der Waals surface area (Å²) in [5.74, 6) is -0.347. The minimum absolute atomic E-state index is 0.347. The molecular formula is C16H20FN3O. The van der Waals surface area contributed by atoms with Crippen molar-refractivity contribution in [3.05, 3.63) is 53.1 Å². The SMILES string of the molecule is Cc1cc(C)n(C2CN(C[C@@H](O)c3ccccc3F)C2)n1. The lowest BCUT2D eigenvalue weighted by Gasteiger charge is -2.40. The van der Waals surface area contributed by atoms with Crippen molar-refractivity contribution in [3.8, 4) is 0 Å². The number of likely N-dealkylation sites (tertiary alicyclic amines) is 1. The number of aliphatic hydroxyl groups is 1. The zero-order valence-corrected chi connectivity index (χ0v) is 12.3. The minimum Gasteiger partial charge on any atom is -0.387 e. The lowest BCUT2D eigenvalue weighted by molar-refractivity contribution is 0.0380. The maximum atomic E-state index is 13.6. The second kappa shape index (κ2) is 5.58. The molecule has 2 aromatic rings. The molecule has 0 spiro atoms. The van der Waals surface area contributed by atoms with Gasteiger partial charge in [-0.2, -0.15) is 5.10 Å². The molecule has 1 aromatic carbocycles. The van der Waals surface area contributed by atoms with E-state index in [1.165, 1.54) is 6.07 Å². The Balaban J connectivity index is 1.58. The van der Waals surface area contributed by atoms with E-state index in [1.54, 1.807) is 18.2 Å². The molecule has 1 N–H and O–H groups in total. The third-order valence-corrected chi connectivity index (χ3v) is 4.02. The highest BCUT2D eigenvalue weighted by Crippen LogP contribution is 2.26. The van der Waals surface area contributed by atoms with Gasteiger partial charge in [-0.3, -0.25) is 9.58 Å². The van der Waals surface area contributed by atoms with Crippen molar-refractivity contribution < 1.29 is 9.50 Å². The number of benzene rings is 1. The van der Waals surface area contributed by atoms with Gasteiger partial charge in [-0.1, -0.05) is 18.2 Å². The van der Waals surface area contributed by atoms with E-state index in [9.17, 15) is 9.50 Å². The summed E-state index contributed by atoms with van der Waals surface area (Å²) >= 11 is 0. The van der Waals surface area contributed by atoms with Gasteiger partial charge in [0.1, 0.15) is 5.82 Å². The highest BCUT2D eigenvalue weighted by molar-refractivity contribution is 5.20. The van der Waals surface area contributed by atoms with Crippen LogP contribution in [0.5, 0.6) is 0 Å². The van der Waals surface area contributed by atoms with Crippen LogP contribution in [0.3, 0.4) is 0 Å². The van der Waals surface area contributed by atoms with Crippen LogP contribution in [-0.4, -0.2) is 39.4 Å². The van der Waals surface area contributed by atoms with Gasteiger partial charge < -0.3 is 5.11 Å². The van der Waals surface area contributed by atoms with Crippen LogP contribution in [0.25, 0.3) is 0 Å². The van der Waals surface area contributed by atoms with E-state index in [4.69, 9.17) is 0 Å². The van der Waals surface area contributed by atoms with Crippen molar-refractivity contribution in [1.82, 2.24) is 14.7 Å². The minimum atomic E-state index is -0.785. The first-order valence-corrected chi connectivity index (χ1v) is 7.22. The van der Waals surface area contributed by atoms with Gasteiger partial charge in [-0.15, -0.1) is 0 Å². The topological polar surface area (TPSA) is 41.3 Å². The quantitative estimate of drug-likeness (QED) is 0.938. The van der Waals surface area contributed by atoms with Crippen LogP contribution in [0.4, 0.5) is 4.39 Å². The van der Waals surface area contributed by atoms with Crippen LogP contribution in [0, 0.1) is 19.7 Å². The van der Waals surface area contributed by atoms with Crippen LogP contribution in [0.2, 0.25) is 0 Å². The molecule has 1 aromatic heterocycles. The summed E-state index contributed by atoms with van der Waals surface area (Å²) in [6.07, 6.45) is -0.785. The number of aliphatic hydroxyl groups excluding tert-OH is 1. The van der Waals surface area contributed by atoms with Crippen LogP contribution in [0.15, 0.2) is 30.3 Å². The molecule has 0 amide bonds. The molecule has 4 nitrogen and oxygen atoms in total. The zero-order chi connectivity index (χ0) is 15.0. The first kappa shape index (κ1) is 14.2. The average Bonchev–Trinajstić information content (AvgIpc) is 2.72. The van der Waals surface area contributed by atoms with Crippen LogP contribution < -0.4 is 0 Å². The van der Waals surface area contributed by atoms with E-state index in [-0.39, 0.29) is 5.82 Å². The van der Waals surface area contributed by atoms with Crippen molar-refractivity contribution >= 4 is 0 Å². The molecule has 1 aliphatic rings. The van der Waals surface area contributed by atoms with Crippen LogP contribution in [-0.2, 0) is 0 Å². The lowest BCUT2D eigenvalue weighted by atomic mass is 10.0. The molecule has 21 heavy (non-hydrogen) atoms. The van der Waals surface area contributed by atoms with Crippen molar-refractivity contribution in [2.75, 3.05) is 19.6 Å². The highest BCUT2D eigenvalue weighted by atomic mass is 19.1. The summed E-state index contributed by atoms with van der Waals surface area (Å²) in [6, 6.07) is 8.82. The van der Waals surface area contributed by atoms with Gasteiger partial charge in [-0.05, 0) is 26.0 Å². The molecule has 5 heteroatoms. The third-order valence-electron chi connectivity index (χ3n) is 4.02. The maximum Gasteiger partial charge on any atom is 0.129 e. The van der Waals surface area contributed by atoms with Crippen molar-refractivity contribution in [2.24, 2.45) is 0 Å². The molecule has 0 aliphatic carbocycles. The van der Waals surface area contributed by atoms with Crippen LogP contribution in [0.1, 0.15) is 29.1 Å². The normalized spacial score (nSPS) is 17.7. The van der Waals surface area contributed by atoms with E-state index in [0.29, 0.717) is 18.2 Å². The molecule has 3 rings (SSSR count). The molecule has 1 saturated heterocycles. The largest absolute Gasteiger partial charge is 0.387 e. The van der Waals surface area contributed by atoms with Gasteiger partial charge in [0, 0.05) is 30.9 Å². The number of β-amino-alcohol motifs (C(OH)–C–C–N with tert-alkyl or cyclic N) is 1. The molecular weight excluding hydrogens is 269 g/mol. The summed E-state index contributed by atoms with van der Waals surface area (Å²) in [6.45, 7) is 6.18. The van der Waals surface area contributed by atoms with E-state index in [2.05, 4.69) is 23.0 Å². The summed E-state index contributed by atoms with van der Waals surface area (Å²) in [5, 5.41) is 14.6. The molecule has 1 fully saturated rings. The van der Waals surface area contributed by atoms with E-state index < -0.39 is 6.10 Å². The summed E-state index contributed by atoms with van der Waals surface area (Å²) in [4.78, 5) is 2.12. The van der Waals surface area contributed by atoms with E-state index in [0.717, 1.165) is 24.5 Å². The molecule has 0 saturated carbocycles. The zero-order valence-electron chi connectivity index (χ0n) is 12.3. The first-order chi connectivity index (χ1) is 10.0. The number of hydrogen-bond acceptors (Lipinski definition) is 3. The number of aromatic nitrogens is 2. The van der Waals surface area contributed by atoms with Gasteiger partial charge in [-0.25, -0.2) is 4.39 Å². The Morgan fingerprint density at radius 1 is 1.33 bits per heavy atom. The Morgan fingerprint density at radius 3 is 2.67 bits per heavy atom. The number of hydrogen-bond donors (Lipinski definition) is 1. The summed E-state index contributed by atoms with van der Waals surface area (Å²) < 4.78 is 15.7. The average molecular weight is 289 g/mol. The Kier molecular flexibility index (Phi) is 3.78. The number of halogens is 1. The first-order valence-electron chi connectivity index (χ1n) is 7.22. The molecule has 2 heterocycles. The molecule has 1 atom stereocenters. The van der Waals surface area contributed by atoms with Crippen LogP contribution >= 0.6 is 0 Å². The predicted molar refractivity (Wildman–Crippen MR) is 78.5 cm³/mol. The Morgan fingerprint density at radius 2 is 2.05 bits per heavy atom. The summed E-state index contributed by atoms with van der Waals surface area (Å²) in [5.41, 5.74) is 2.55. The summed E-state index contributed by atoms with van der Waals surface area (Å²) in [7, 11) is 0. The van der Waals surface area contributed by atoms with Gasteiger partial charge in [0.2, 0.25) is 0 Å². The van der Waals surface area contributed by atoms with Crippen molar-refractivity contribution in [3.63, 3.8) is 0 Å². The van der Waals surface area contributed by atoms with Gasteiger partial charge in [0.05, 0.1) is 17.8 Å². The fourth-order valence-corrected chi connectivity index (χ4v) is 2.95. The molecule has 0 unspecified atom stereocenters. The second-order valence-electron chi connectivity index (χ2n) is 5.78.